The number of hydrogen-bond acceptors (Lipinski definition) is 3. The standard InChI is InChI=1S/C15H20N2O2/c1-3-6-11(2)15(18)17-10-9-13(16-19)12-7-4-5-8-14(12)17/h4-5,7-8,11,19H,3,6,9-10H2,1-2H3. The van der Waals surface area contributed by atoms with Crippen LogP contribution in [-0.4, -0.2) is 23.4 Å². The molecule has 4 nitrogen and oxygen atoms in total. The molecule has 0 radical (unpaired) electrons. The van der Waals surface area contributed by atoms with E-state index in [1.807, 2.05) is 36.1 Å². The molecule has 1 aliphatic heterocycles. The molecule has 1 aromatic rings. The van der Waals surface area contributed by atoms with E-state index in [-0.39, 0.29) is 11.8 Å². The van der Waals surface area contributed by atoms with Crippen LogP contribution in [0.5, 0.6) is 0 Å². The van der Waals surface area contributed by atoms with E-state index in [1.165, 1.54) is 0 Å². The molecule has 1 N–H and O–H groups in total. The lowest BCUT2D eigenvalue weighted by Gasteiger charge is -2.31. The van der Waals surface area contributed by atoms with Crippen molar-refractivity contribution in [3.63, 3.8) is 0 Å². The van der Waals surface area contributed by atoms with E-state index >= 15 is 0 Å². The van der Waals surface area contributed by atoms with Crippen LogP contribution in [0.2, 0.25) is 0 Å². The molecule has 1 heterocycles. The van der Waals surface area contributed by atoms with Gasteiger partial charge < -0.3 is 10.1 Å². The van der Waals surface area contributed by atoms with Gasteiger partial charge in [-0.3, -0.25) is 4.79 Å². The van der Waals surface area contributed by atoms with Crippen molar-refractivity contribution >= 4 is 17.3 Å². The summed E-state index contributed by atoms with van der Waals surface area (Å²) in [6, 6.07) is 7.61. The summed E-state index contributed by atoms with van der Waals surface area (Å²) in [4.78, 5) is 14.3. The number of carbonyl (C=O) groups excluding carboxylic acids is 1. The first kappa shape index (κ1) is 13.6. The summed E-state index contributed by atoms with van der Waals surface area (Å²) in [5.41, 5.74) is 2.37. The Hall–Kier alpha value is -1.84. The molecule has 0 spiro atoms. The maximum Gasteiger partial charge on any atom is 0.229 e. The average Bonchev–Trinajstić information content (AvgIpc) is 2.45. The molecular weight excluding hydrogens is 240 g/mol. The fraction of sp³-hybridized carbons (Fsp3) is 0.467. The van der Waals surface area contributed by atoms with Crippen LogP contribution in [0.1, 0.15) is 38.7 Å². The lowest BCUT2D eigenvalue weighted by Crippen LogP contribution is -2.40. The van der Waals surface area contributed by atoms with Gasteiger partial charge >= 0.3 is 0 Å². The molecule has 0 saturated carbocycles. The molecule has 2 rings (SSSR count). The maximum atomic E-state index is 12.5. The SMILES string of the molecule is CCCC(C)C(=O)N1CCC(=NO)c2ccccc21. The van der Waals surface area contributed by atoms with Gasteiger partial charge in [0.15, 0.2) is 0 Å². The van der Waals surface area contributed by atoms with E-state index in [0.29, 0.717) is 18.7 Å². The summed E-state index contributed by atoms with van der Waals surface area (Å²) in [5, 5.41) is 12.4. The third kappa shape index (κ3) is 2.62. The minimum Gasteiger partial charge on any atom is -0.411 e. The number of anilines is 1. The van der Waals surface area contributed by atoms with E-state index in [0.717, 1.165) is 24.1 Å². The quantitative estimate of drug-likeness (QED) is 0.671. The Morgan fingerprint density at radius 1 is 1.47 bits per heavy atom. The van der Waals surface area contributed by atoms with Crippen LogP contribution in [0.15, 0.2) is 29.4 Å². The third-order valence-electron chi connectivity index (χ3n) is 3.61. The maximum absolute atomic E-state index is 12.5. The van der Waals surface area contributed by atoms with Crippen molar-refractivity contribution in [1.29, 1.82) is 0 Å². The largest absolute Gasteiger partial charge is 0.411 e. The molecule has 1 aromatic carbocycles. The molecule has 1 aliphatic rings. The Morgan fingerprint density at radius 2 is 2.21 bits per heavy atom. The van der Waals surface area contributed by atoms with Gasteiger partial charge in [-0.15, -0.1) is 0 Å². The summed E-state index contributed by atoms with van der Waals surface area (Å²) < 4.78 is 0. The number of benzene rings is 1. The second-order valence-electron chi connectivity index (χ2n) is 4.99. The second kappa shape index (κ2) is 5.87. The van der Waals surface area contributed by atoms with Crippen molar-refractivity contribution in [3.05, 3.63) is 29.8 Å². The first-order chi connectivity index (χ1) is 9.19. The van der Waals surface area contributed by atoms with Crippen molar-refractivity contribution in [2.24, 2.45) is 11.1 Å². The molecule has 0 aliphatic carbocycles. The topological polar surface area (TPSA) is 52.9 Å². The molecular formula is C15H20N2O2. The van der Waals surface area contributed by atoms with Crippen molar-refractivity contribution in [2.45, 2.75) is 33.1 Å². The van der Waals surface area contributed by atoms with Gasteiger partial charge in [-0.1, -0.05) is 43.6 Å². The Bertz CT molecular complexity index is 497. The van der Waals surface area contributed by atoms with E-state index < -0.39 is 0 Å². The van der Waals surface area contributed by atoms with Gasteiger partial charge in [-0.05, 0) is 12.5 Å². The first-order valence-corrected chi connectivity index (χ1v) is 6.80. The number of rotatable bonds is 3. The van der Waals surface area contributed by atoms with Crippen LogP contribution in [0.4, 0.5) is 5.69 Å². The van der Waals surface area contributed by atoms with Gasteiger partial charge in [0.1, 0.15) is 0 Å². The zero-order chi connectivity index (χ0) is 13.8. The average molecular weight is 260 g/mol. The number of carbonyl (C=O) groups is 1. The van der Waals surface area contributed by atoms with E-state index in [9.17, 15) is 4.79 Å². The van der Waals surface area contributed by atoms with Crippen molar-refractivity contribution in [3.8, 4) is 0 Å². The van der Waals surface area contributed by atoms with Gasteiger partial charge in [0.05, 0.1) is 11.4 Å². The minimum absolute atomic E-state index is 0.0330. The number of para-hydroxylation sites is 1. The van der Waals surface area contributed by atoms with E-state index in [4.69, 9.17) is 5.21 Å². The molecule has 1 unspecified atom stereocenters. The molecule has 4 heteroatoms. The van der Waals surface area contributed by atoms with Crippen molar-refractivity contribution < 1.29 is 10.0 Å². The number of amides is 1. The highest BCUT2D eigenvalue weighted by molar-refractivity contribution is 6.11. The molecule has 0 saturated heterocycles. The number of nitrogens with zero attached hydrogens (tertiary/aromatic N) is 2. The molecule has 1 amide bonds. The Labute approximate surface area is 113 Å². The van der Waals surface area contributed by atoms with Crippen molar-refractivity contribution in [2.75, 3.05) is 11.4 Å². The summed E-state index contributed by atoms with van der Waals surface area (Å²) in [6.45, 7) is 4.65. The monoisotopic (exact) mass is 260 g/mol. The number of fused-ring (bicyclic) bond motifs is 1. The predicted octanol–water partition coefficient (Wildman–Crippen LogP) is 3.04. The van der Waals surface area contributed by atoms with Crippen molar-refractivity contribution in [1.82, 2.24) is 0 Å². The summed E-state index contributed by atoms with van der Waals surface area (Å²) >= 11 is 0. The fourth-order valence-corrected chi connectivity index (χ4v) is 2.58. The van der Waals surface area contributed by atoms with Gasteiger partial charge in [-0.2, -0.15) is 0 Å². The van der Waals surface area contributed by atoms with E-state index in [1.54, 1.807) is 0 Å². The molecule has 19 heavy (non-hydrogen) atoms. The van der Waals surface area contributed by atoms with Crippen LogP contribution in [-0.2, 0) is 4.79 Å². The van der Waals surface area contributed by atoms with Gasteiger partial charge in [0, 0.05) is 24.4 Å². The molecule has 0 aromatic heterocycles. The van der Waals surface area contributed by atoms with Gasteiger partial charge in [-0.25, -0.2) is 0 Å². The lowest BCUT2D eigenvalue weighted by atomic mass is 9.97. The summed E-state index contributed by atoms with van der Waals surface area (Å²) in [6.07, 6.45) is 2.50. The predicted molar refractivity (Wildman–Crippen MR) is 75.8 cm³/mol. The summed E-state index contributed by atoms with van der Waals surface area (Å²) in [7, 11) is 0. The Morgan fingerprint density at radius 3 is 2.89 bits per heavy atom. The highest BCUT2D eigenvalue weighted by Crippen LogP contribution is 2.29. The van der Waals surface area contributed by atoms with Crippen LogP contribution in [0, 0.1) is 5.92 Å². The fourth-order valence-electron chi connectivity index (χ4n) is 2.58. The lowest BCUT2D eigenvalue weighted by molar-refractivity contribution is -0.122. The van der Waals surface area contributed by atoms with E-state index in [2.05, 4.69) is 12.1 Å². The highest BCUT2D eigenvalue weighted by Gasteiger charge is 2.28. The number of hydrogen-bond donors (Lipinski definition) is 1. The Balaban J connectivity index is 2.32. The van der Waals surface area contributed by atoms with Crippen LogP contribution in [0.3, 0.4) is 0 Å². The molecule has 1 atom stereocenters. The Kier molecular flexibility index (Phi) is 4.20. The number of oxime groups is 1. The molecule has 0 bridgehead atoms. The highest BCUT2D eigenvalue weighted by atomic mass is 16.4. The third-order valence-corrected chi connectivity index (χ3v) is 3.61. The second-order valence-corrected chi connectivity index (χ2v) is 4.99. The van der Waals surface area contributed by atoms with Gasteiger partial charge in [0.2, 0.25) is 5.91 Å². The van der Waals surface area contributed by atoms with Crippen LogP contribution >= 0.6 is 0 Å². The minimum atomic E-state index is 0.0330. The zero-order valence-corrected chi connectivity index (χ0v) is 11.5. The van der Waals surface area contributed by atoms with Crippen LogP contribution < -0.4 is 4.90 Å². The zero-order valence-electron chi connectivity index (χ0n) is 11.5. The first-order valence-electron chi connectivity index (χ1n) is 6.80. The smallest absolute Gasteiger partial charge is 0.229 e. The van der Waals surface area contributed by atoms with Crippen LogP contribution in [0.25, 0.3) is 0 Å². The summed E-state index contributed by atoms with van der Waals surface area (Å²) in [5.74, 6) is 0.192. The normalized spacial score (nSPS) is 18.2. The molecule has 102 valence electrons. The van der Waals surface area contributed by atoms with Gasteiger partial charge in [0.25, 0.3) is 0 Å². The molecule has 0 fully saturated rings.